The van der Waals surface area contributed by atoms with E-state index in [1.807, 2.05) is 0 Å². The Balaban J connectivity index is 1.32. The van der Waals surface area contributed by atoms with E-state index in [1.165, 1.54) is 22.8 Å². The van der Waals surface area contributed by atoms with Gasteiger partial charge in [-0.15, -0.1) is 5.10 Å². The predicted molar refractivity (Wildman–Crippen MR) is 141 cm³/mol. The molecule has 0 spiro atoms. The van der Waals surface area contributed by atoms with Crippen molar-refractivity contribution in [3.63, 3.8) is 0 Å². The Morgan fingerprint density at radius 2 is 1.73 bits per heavy atom. The summed E-state index contributed by atoms with van der Waals surface area (Å²) >= 11 is 0. The van der Waals surface area contributed by atoms with Gasteiger partial charge in [-0.05, 0) is 31.2 Å². The Morgan fingerprint density at radius 3 is 2.43 bits per heavy atom. The van der Waals surface area contributed by atoms with Crippen molar-refractivity contribution in [2.45, 2.75) is 13.5 Å². The van der Waals surface area contributed by atoms with Crippen molar-refractivity contribution >= 4 is 28.7 Å². The molecular weight excluding hydrogens is 474 g/mol. The zero-order chi connectivity index (χ0) is 25.9. The molecule has 5 rings (SSSR count). The van der Waals surface area contributed by atoms with E-state index in [4.69, 9.17) is 9.47 Å². The SMILES string of the molecule is COc1ccc(NC(=O)Cn2nc3c(N4CCN(c5ccc(C)cc5)CC4)nccn3c2=O)c(OC)c1. The fourth-order valence-electron chi connectivity index (χ4n) is 4.42. The first-order chi connectivity index (χ1) is 18.0. The molecule has 2 aromatic heterocycles. The van der Waals surface area contributed by atoms with Gasteiger partial charge < -0.3 is 24.6 Å². The molecule has 11 heteroatoms. The van der Waals surface area contributed by atoms with Crippen molar-refractivity contribution in [1.29, 1.82) is 0 Å². The van der Waals surface area contributed by atoms with Crippen LogP contribution in [0.5, 0.6) is 11.5 Å². The van der Waals surface area contributed by atoms with Crippen LogP contribution in [-0.4, -0.2) is 65.5 Å². The van der Waals surface area contributed by atoms with Crippen LogP contribution in [0.25, 0.3) is 5.65 Å². The van der Waals surface area contributed by atoms with Crippen molar-refractivity contribution in [2.24, 2.45) is 0 Å². The minimum Gasteiger partial charge on any atom is -0.497 e. The number of carbonyl (C=O) groups excluding carboxylic acids is 1. The lowest BCUT2D eigenvalue weighted by atomic mass is 10.2. The number of fused-ring (bicyclic) bond motifs is 1. The number of aromatic nitrogens is 4. The van der Waals surface area contributed by atoms with E-state index >= 15 is 0 Å². The van der Waals surface area contributed by atoms with Gasteiger partial charge in [0.1, 0.15) is 18.0 Å². The molecule has 2 aromatic carbocycles. The van der Waals surface area contributed by atoms with E-state index in [-0.39, 0.29) is 6.54 Å². The average Bonchev–Trinajstić information content (AvgIpc) is 3.24. The Kier molecular flexibility index (Phi) is 6.67. The van der Waals surface area contributed by atoms with Crippen LogP contribution in [0.2, 0.25) is 0 Å². The normalized spacial score (nSPS) is 13.6. The molecule has 0 atom stereocenters. The second kappa shape index (κ2) is 10.2. The van der Waals surface area contributed by atoms with E-state index in [2.05, 4.69) is 56.4 Å². The lowest BCUT2D eigenvalue weighted by molar-refractivity contribution is -0.117. The Hall–Kier alpha value is -4.54. The number of methoxy groups -OCH3 is 2. The minimum absolute atomic E-state index is 0.254. The fourth-order valence-corrected chi connectivity index (χ4v) is 4.42. The monoisotopic (exact) mass is 503 g/mol. The van der Waals surface area contributed by atoms with Crippen LogP contribution >= 0.6 is 0 Å². The number of carbonyl (C=O) groups is 1. The summed E-state index contributed by atoms with van der Waals surface area (Å²) in [7, 11) is 3.06. The lowest BCUT2D eigenvalue weighted by Crippen LogP contribution is -2.47. The number of hydrogen-bond donors (Lipinski definition) is 1. The summed E-state index contributed by atoms with van der Waals surface area (Å²) in [5, 5.41) is 7.24. The van der Waals surface area contributed by atoms with E-state index in [0.29, 0.717) is 28.7 Å². The molecule has 1 aliphatic heterocycles. The van der Waals surface area contributed by atoms with Gasteiger partial charge >= 0.3 is 5.69 Å². The number of aryl methyl sites for hydroxylation is 1. The van der Waals surface area contributed by atoms with Crippen molar-refractivity contribution in [1.82, 2.24) is 19.2 Å². The third kappa shape index (κ3) is 4.92. The van der Waals surface area contributed by atoms with Gasteiger partial charge in [-0.25, -0.2) is 18.9 Å². The topological polar surface area (TPSA) is 106 Å². The van der Waals surface area contributed by atoms with Gasteiger partial charge in [0.15, 0.2) is 5.82 Å². The molecule has 0 radical (unpaired) electrons. The third-order valence-corrected chi connectivity index (χ3v) is 6.44. The number of anilines is 3. The van der Waals surface area contributed by atoms with Crippen LogP contribution in [0.1, 0.15) is 5.56 Å². The summed E-state index contributed by atoms with van der Waals surface area (Å²) < 4.78 is 13.1. The highest BCUT2D eigenvalue weighted by Gasteiger charge is 2.23. The van der Waals surface area contributed by atoms with Gasteiger partial charge in [0.05, 0.1) is 19.9 Å². The molecule has 0 aliphatic carbocycles. The quantitative estimate of drug-likeness (QED) is 0.409. The summed E-state index contributed by atoms with van der Waals surface area (Å²) in [6.45, 7) is 4.94. The second-order valence-corrected chi connectivity index (χ2v) is 8.81. The largest absolute Gasteiger partial charge is 0.497 e. The molecule has 1 saturated heterocycles. The average molecular weight is 504 g/mol. The molecule has 1 N–H and O–H groups in total. The van der Waals surface area contributed by atoms with Gasteiger partial charge in [0.25, 0.3) is 0 Å². The summed E-state index contributed by atoms with van der Waals surface area (Å²) in [6.07, 6.45) is 3.15. The molecule has 0 unspecified atom stereocenters. The third-order valence-electron chi connectivity index (χ3n) is 6.44. The molecule has 0 bridgehead atoms. The second-order valence-electron chi connectivity index (χ2n) is 8.81. The number of rotatable bonds is 7. The first-order valence-corrected chi connectivity index (χ1v) is 12.0. The van der Waals surface area contributed by atoms with E-state index < -0.39 is 11.6 Å². The van der Waals surface area contributed by atoms with Crippen LogP contribution in [0, 0.1) is 6.92 Å². The van der Waals surface area contributed by atoms with Gasteiger partial charge in [0, 0.05) is 50.3 Å². The van der Waals surface area contributed by atoms with Crippen LogP contribution < -0.4 is 30.3 Å². The first-order valence-electron chi connectivity index (χ1n) is 12.0. The van der Waals surface area contributed by atoms with Gasteiger partial charge in [-0.1, -0.05) is 17.7 Å². The molecule has 37 heavy (non-hydrogen) atoms. The fraction of sp³-hybridized carbons (Fsp3) is 0.308. The van der Waals surface area contributed by atoms with Gasteiger partial charge in [0.2, 0.25) is 11.6 Å². The highest BCUT2D eigenvalue weighted by molar-refractivity contribution is 5.92. The van der Waals surface area contributed by atoms with Crippen molar-refractivity contribution < 1.29 is 14.3 Å². The zero-order valence-electron chi connectivity index (χ0n) is 21.0. The Labute approximate surface area is 213 Å². The summed E-state index contributed by atoms with van der Waals surface area (Å²) in [5.41, 5.74) is 2.91. The number of nitrogens with one attached hydrogen (secondary N) is 1. The number of nitrogens with zero attached hydrogens (tertiary/aromatic N) is 6. The molecule has 11 nitrogen and oxygen atoms in total. The molecule has 3 heterocycles. The predicted octanol–water partition coefficient (Wildman–Crippen LogP) is 2.18. The maximum atomic E-state index is 13.0. The molecule has 0 saturated carbocycles. The van der Waals surface area contributed by atoms with Gasteiger partial charge in [-0.2, -0.15) is 0 Å². The highest BCUT2D eigenvalue weighted by Crippen LogP contribution is 2.29. The number of ether oxygens (including phenoxy) is 2. The molecule has 1 amide bonds. The van der Waals surface area contributed by atoms with Crippen LogP contribution in [0.4, 0.5) is 17.2 Å². The lowest BCUT2D eigenvalue weighted by Gasteiger charge is -2.36. The van der Waals surface area contributed by atoms with Crippen LogP contribution in [0.3, 0.4) is 0 Å². The number of amides is 1. The number of piperazine rings is 1. The van der Waals surface area contributed by atoms with Crippen molar-refractivity contribution in [3.8, 4) is 11.5 Å². The van der Waals surface area contributed by atoms with Crippen molar-refractivity contribution in [2.75, 3.05) is 55.5 Å². The molecule has 192 valence electrons. The molecule has 1 fully saturated rings. The Morgan fingerprint density at radius 1 is 1.00 bits per heavy atom. The smallest absolute Gasteiger partial charge is 0.350 e. The molecule has 4 aromatic rings. The molecule has 1 aliphatic rings. The first kappa shape index (κ1) is 24.2. The summed E-state index contributed by atoms with van der Waals surface area (Å²) in [6, 6.07) is 13.6. The van der Waals surface area contributed by atoms with Crippen LogP contribution in [0.15, 0.2) is 59.7 Å². The highest BCUT2D eigenvalue weighted by atomic mass is 16.5. The summed E-state index contributed by atoms with van der Waals surface area (Å²) in [4.78, 5) is 34.8. The van der Waals surface area contributed by atoms with Crippen LogP contribution in [-0.2, 0) is 11.3 Å². The van der Waals surface area contributed by atoms with E-state index in [9.17, 15) is 9.59 Å². The zero-order valence-corrected chi connectivity index (χ0v) is 21.0. The maximum Gasteiger partial charge on any atom is 0.350 e. The molecular formula is C26H29N7O4. The Bertz CT molecular complexity index is 1470. The van der Waals surface area contributed by atoms with E-state index in [1.54, 1.807) is 37.7 Å². The van der Waals surface area contributed by atoms with E-state index in [0.717, 1.165) is 30.9 Å². The number of benzene rings is 2. The maximum absolute atomic E-state index is 13.0. The standard InChI is InChI=1S/C26H29N7O4/c1-18-4-6-19(7-5-18)30-12-14-31(15-13-30)24-25-29-33(26(35)32(25)11-10-27-24)17-23(34)28-21-9-8-20(36-2)16-22(21)37-3/h4-11,16H,12-15,17H2,1-3H3,(H,28,34). The van der Waals surface area contributed by atoms with Crippen molar-refractivity contribution in [3.05, 3.63) is 70.9 Å². The number of hydrogen-bond acceptors (Lipinski definition) is 8. The summed E-state index contributed by atoms with van der Waals surface area (Å²) in [5.74, 6) is 1.27. The minimum atomic E-state index is -0.409. The van der Waals surface area contributed by atoms with Gasteiger partial charge in [-0.3, -0.25) is 4.79 Å².